The van der Waals surface area contributed by atoms with Crippen LogP contribution in [0.2, 0.25) is 0 Å². The van der Waals surface area contributed by atoms with Crippen LogP contribution in [-0.2, 0) is 12.8 Å². The first-order valence-electron chi connectivity index (χ1n) is 6.39. The van der Waals surface area contributed by atoms with E-state index in [1.807, 2.05) is 12.4 Å². The van der Waals surface area contributed by atoms with E-state index in [4.69, 9.17) is 0 Å². The fourth-order valence-corrected chi connectivity index (χ4v) is 2.19. The zero-order valence-corrected chi connectivity index (χ0v) is 10.1. The molecule has 1 aliphatic heterocycles. The third kappa shape index (κ3) is 3.27. The lowest BCUT2D eigenvalue weighted by Gasteiger charge is -2.12. The molecule has 1 fully saturated rings. The monoisotopic (exact) mass is 219 g/mol. The van der Waals surface area contributed by atoms with E-state index in [9.17, 15) is 0 Å². The summed E-state index contributed by atoms with van der Waals surface area (Å²) in [4.78, 5) is 8.87. The van der Waals surface area contributed by atoms with E-state index in [0.717, 1.165) is 31.1 Å². The number of aryl methyl sites for hydroxylation is 1. The molecule has 2 rings (SSSR count). The third-order valence-electron chi connectivity index (χ3n) is 3.29. The lowest BCUT2D eigenvalue weighted by molar-refractivity contribution is 0.466. The van der Waals surface area contributed by atoms with Gasteiger partial charge in [-0.25, -0.2) is 9.97 Å². The fourth-order valence-electron chi connectivity index (χ4n) is 2.19. The van der Waals surface area contributed by atoms with Crippen LogP contribution in [0.15, 0.2) is 12.4 Å². The highest BCUT2D eigenvalue weighted by molar-refractivity contribution is 5.05. The summed E-state index contributed by atoms with van der Waals surface area (Å²) in [5, 5.41) is 3.48. The van der Waals surface area contributed by atoms with Crippen molar-refractivity contribution in [3.05, 3.63) is 23.8 Å². The lowest BCUT2D eigenvalue weighted by Crippen LogP contribution is -2.22. The lowest BCUT2D eigenvalue weighted by atomic mass is 9.99. The van der Waals surface area contributed by atoms with Crippen molar-refractivity contribution in [3.8, 4) is 0 Å². The first kappa shape index (κ1) is 11.5. The van der Waals surface area contributed by atoms with E-state index in [-0.39, 0.29) is 0 Å². The summed E-state index contributed by atoms with van der Waals surface area (Å²) in [6.45, 7) is 4.43. The van der Waals surface area contributed by atoms with Crippen LogP contribution < -0.4 is 5.32 Å². The van der Waals surface area contributed by atoms with Gasteiger partial charge in [-0.1, -0.05) is 13.3 Å². The van der Waals surface area contributed by atoms with Gasteiger partial charge in [-0.15, -0.1) is 0 Å². The summed E-state index contributed by atoms with van der Waals surface area (Å²) < 4.78 is 0. The highest BCUT2D eigenvalue weighted by atomic mass is 14.9. The molecule has 3 heteroatoms. The van der Waals surface area contributed by atoms with Crippen molar-refractivity contribution in [2.45, 2.75) is 39.0 Å². The Hall–Kier alpha value is -0.960. The average Bonchev–Trinajstić information content (AvgIpc) is 2.59. The van der Waals surface area contributed by atoms with Gasteiger partial charge in [0.1, 0.15) is 5.82 Å². The molecule has 1 atom stereocenters. The van der Waals surface area contributed by atoms with Crippen molar-refractivity contribution in [2.75, 3.05) is 13.1 Å². The van der Waals surface area contributed by atoms with E-state index in [1.165, 1.54) is 31.4 Å². The second-order valence-electron chi connectivity index (χ2n) is 4.63. The summed E-state index contributed by atoms with van der Waals surface area (Å²) in [6, 6.07) is 0. The van der Waals surface area contributed by atoms with Crippen LogP contribution in [0.1, 0.15) is 37.6 Å². The summed E-state index contributed by atoms with van der Waals surface area (Å²) in [7, 11) is 0. The molecule has 1 N–H and O–H groups in total. The van der Waals surface area contributed by atoms with Gasteiger partial charge < -0.3 is 5.32 Å². The molecule has 0 bridgehead atoms. The molecule has 88 valence electrons. The number of hydrogen-bond acceptors (Lipinski definition) is 3. The topological polar surface area (TPSA) is 37.8 Å². The Morgan fingerprint density at radius 3 is 2.88 bits per heavy atom. The molecule has 0 aliphatic carbocycles. The van der Waals surface area contributed by atoms with Gasteiger partial charge in [0.05, 0.1) is 0 Å². The van der Waals surface area contributed by atoms with Crippen molar-refractivity contribution >= 4 is 0 Å². The number of nitrogens with zero attached hydrogens (tertiary/aromatic N) is 2. The SMILES string of the molecule is CCc1cnc(CC2CCCCNC2)nc1. The molecule has 0 saturated carbocycles. The van der Waals surface area contributed by atoms with Crippen molar-refractivity contribution in [1.29, 1.82) is 0 Å². The summed E-state index contributed by atoms with van der Waals surface area (Å²) in [5.74, 6) is 1.72. The molecule has 1 saturated heterocycles. The minimum absolute atomic E-state index is 0.718. The molecule has 0 aromatic carbocycles. The van der Waals surface area contributed by atoms with Crippen molar-refractivity contribution in [3.63, 3.8) is 0 Å². The molecule has 1 aromatic heterocycles. The van der Waals surface area contributed by atoms with Crippen LogP contribution in [-0.4, -0.2) is 23.1 Å². The second kappa shape index (κ2) is 5.94. The normalized spacial score (nSPS) is 21.7. The number of rotatable bonds is 3. The van der Waals surface area contributed by atoms with Crippen LogP contribution in [0.5, 0.6) is 0 Å². The smallest absolute Gasteiger partial charge is 0.128 e. The van der Waals surface area contributed by atoms with Gasteiger partial charge >= 0.3 is 0 Å². The minimum atomic E-state index is 0.718. The first-order chi connectivity index (χ1) is 7.88. The molecule has 1 aromatic rings. The maximum Gasteiger partial charge on any atom is 0.128 e. The maximum absolute atomic E-state index is 4.44. The van der Waals surface area contributed by atoms with Crippen molar-refractivity contribution in [2.24, 2.45) is 5.92 Å². The van der Waals surface area contributed by atoms with E-state index >= 15 is 0 Å². The number of nitrogens with one attached hydrogen (secondary N) is 1. The molecular weight excluding hydrogens is 198 g/mol. The Bertz CT molecular complexity index is 299. The van der Waals surface area contributed by atoms with Crippen molar-refractivity contribution in [1.82, 2.24) is 15.3 Å². The molecule has 2 heterocycles. The molecule has 3 nitrogen and oxygen atoms in total. The Morgan fingerprint density at radius 1 is 1.31 bits per heavy atom. The number of aromatic nitrogens is 2. The number of hydrogen-bond donors (Lipinski definition) is 1. The van der Waals surface area contributed by atoms with Gasteiger partial charge in [-0.2, -0.15) is 0 Å². The van der Waals surface area contributed by atoms with Gasteiger partial charge in [0.2, 0.25) is 0 Å². The Labute approximate surface area is 97.7 Å². The predicted octanol–water partition coefficient (Wildman–Crippen LogP) is 1.97. The van der Waals surface area contributed by atoms with E-state index < -0.39 is 0 Å². The molecule has 0 amide bonds. The summed E-state index contributed by atoms with van der Waals surface area (Å²) >= 11 is 0. The Balaban J connectivity index is 1.91. The third-order valence-corrected chi connectivity index (χ3v) is 3.29. The summed E-state index contributed by atoms with van der Waals surface area (Å²) in [5.41, 5.74) is 1.22. The quantitative estimate of drug-likeness (QED) is 0.844. The average molecular weight is 219 g/mol. The fraction of sp³-hybridized carbons (Fsp3) is 0.692. The molecule has 1 unspecified atom stereocenters. The highest BCUT2D eigenvalue weighted by Crippen LogP contribution is 2.14. The van der Waals surface area contributed by atoms with E-state index in [1.54, 1.807) is 0 Å². The molecule has 0 radical (unpaired) electrons. The van der Waals surface area contributed by atoms with E-state index in [0.29, 0.717) is 0 Å². The molecule has 1 aliphatic rings. The van der Waals surface area contributed by atoms with Gasteiger partial charge in [0.25, 0.3) is 0 Å². The molecule has 16 heavy (non-hydrogen) atoms. The zero-order valence-electron chi connectivity index (χ0n) is 10.1. The zero-order chi connectivity index (χ0) is 11.2. The first-order valence-corrected chi connectivity index (χ1v) is 6.39. The van der Waals surface area contributed by atoms with Gasteiger partial charge in [-0.3, -0.25) is 0 Å². The van der Waals surface area contributed by atoms with Crippen LogP contribution in [0, 0.1) is 5.92 Å². The molecule has 0 spiro atoms. The maximum atomic E-state index is 4.44. The van der Waals surface area contributed by atoms with Gasteiger partial charge in [0, 0.05) is 18.8 Å². The van der Waals surface area contributed by atoms with Gasteiger partial charge in [-0.05, 0) is 43.8 Å². The Kier molecular flexibility index (Phi) is 4.28. The van der Waals surface area contributed by atoms with Crippen LogP contribution in [0.25, 0.3) is 0 Å². The minimum Gasteiger partial charge on any atom is -0.316 e. The van der Waals surface area contributed by atoms with Gasteiger partial charge in [0.15, 0.2) is 0 Å². The summed E-state index contributed by atoms with van der Waals surface area (Å²) in [6.07, 6.45) is 9.93. The second-order valence-corrected chi connectivity index (χ2v) is 4.63. The van der Waals surface area contributed by atoms with Crippen LogP contribution in [0.4, 0.5) is 0 Å². The van der Waals surface area contributed by atoms with Crippen LogP contribution in [0.3, 0.4) is 0 Å². The standard InChI is InChI=1S/C13H21N3/c1-2-11-9-15-13(16-10-11)7-12-5-3-4-6-14-8-12/h9-10,12,14H,2-8H2,1H3. The largest absolute Gasteiger partial charge is 0.316 e. The Morgan fingerprint density at radius 2 is 2.12 bits per heavy atom. The van der Waals surface area contributed by atoms with Crippen LogP contribution >= 0.6 is 0 Å². The predicted molar refractivity (Wildman–Crippen MR) is 65.3 cm³/mol. The molecular formula is C13H21N3. The van der Waals surface area contributed by atoms with Crippen molar-refractivity contribution < 1.29 is 0 Å². The highest BCUT2D eigenvalue weighted by Gasteiger charge is 2.13. The van der Waals surface area contributed by atoms with E-state index in [2.05, 4.69) is 22.2 Å².